The lowest BCUT2D eigenvalue weighted by Crippen LogP contribution is -2.41. The molecule has 0 saturated carbocycles. The highest BCUT2D eigenvalue weighted by Crippen LogP contribution is 2.30. The molecule has 0 atom stereocenters. The normalized spacial score (nSPS) is 11.4. The Morgan fingerprint density at radius 2 is 2.06 bits per heavy atom. The van der Waals surface area contributed by atoms with E-state index in [-0.39, 0.29) is 17.8 Å². The maximum atomic E-state index is 10.7. The molecule has 0 amide bonds. The van der Waals surface area contributed by atoms with Crippen molar-refractivity contribution in [2.45, 2.75) is 39.3 Å². The van der Waals surface area contributed by atoms with Crippen molar-refractivity contribution in [3.05, 3.63) is 33.9 Å². The lowest BCUT2D eigenvalue weighted by Gasteiger charge is -2.37. The summed E-state index contributed by atoms with van der Waals surface area (Å²) in [4.78, 5) is 12.3. The first kappa shape index (κ1) is 14.4. The second-order valence-corrected chi connectivity index (χ2v) is 4.95. The molecule has 0 aromatic heterocycles. The number of hydrogen-bond donors (Lipinski definition) is 1. The van der Waals surface area contributed by atoms with E-state index in [1.165, 1.54) is 12.1 Å². The SMILES string of the molecule is CCC(C)(C)N(C)c1ccc([N+](=O)[O-])cc1CO. The van der Waals surface area contributed by atoms with Gasteiger partial charge >= 0.3 is 0 Å². The van der Waals surface area contributed by atoms with E-state index in [4.69, 9.17) is 0 Å². The molecule has 0 aliphatic rings. The van der Waals surface area contributed by atoms with Crippen LogP contribution in [0.1, 0.15) is 32.8 Å². The summed E-state index contributed by atoms with van der Waals surface area (Å²) in [7, 11) is 1.93. The van der Waals surface area contributed by atoms with Crippen molar-refractivity contribution in [1.29, 1.82) is 0 Å². The van der Waals surface area contributed by atoms with E-state index in [2.05, 4.69) is 20.8 Å². The highest BCUT2D eigenvalue weighted by atomic mass is 16.6. The predicted octanol–water partition coefficient (Wildman–Crippen LogP) is 2.71. The summed E-state index contributed by atoms with van der Waals surface area (Å²) >= 11 is 0. The third-order valence-electron chi connectivity index (χ3n) is 3.58. The van der Waals surface area contributed by atoms with Gasteiger partial charge in [-0.2, -0.15) is 0 Å². The van der Waals surface area contributed by atoms with E-state index < -0.39 is 4.92 Å². The number of rotatable bonds is 5. The highest BCUT2D eigenvalue weighted by molar-refractivity contribution is 5.58. The Morgan fingerprint density at radius 1 is 1.44 bits per heavy atom. The van der Waals surface area contributed by atoms with Gasteiger partial charge < -0.3 is 10.0 Å². The highest BCUT2D eigenvalue weighted by Gasteiger charge is 2.24. The molecule has 1 N–H and O–H groups in total. The Hall–Kier alpha value is -1.62. The van der Waals surface area contributed by atoms with Crippen LogP contribution >= 0.6 is 0 Å². The maximum absolute atomic E-state index is 10.7. The summed E-state index contributed by atoms with van der Waals surface area (Å²) in [5.41, 5.74) is 1.34. The molecule has 0 spiro atoms. The van der Waals surface area contributed by atoms with E-state index in [1.807, 2.05) is 11.9 Å². The Morgan fingerprint density at radius 3 is 2.50 bits per heavy atom. The van der Waals surface area contributed by atoms with Crippen LogP contribution in [-0.2, 0) is 6.61 Å². The Labute approximate surface area is 107 Å². The molecule has 0 saturated heterocycles. The molecule has 100 valence electrons. The van der Waals surface area contributed by atoms with E-state index in [9.17, 15) is 15.2 Å². The van der Waals surface area contributed by atoms with Crippen molar-refractivity contribution in [3.63, 3.8) is 0 Å². The monoisotopic (exact) mass is 252 g/mol. The minimum absolute atomic E-state index is 0.00510. The van der Waals surface area contributed by atoms with Gasteiger partial charge in [-0.3, -0.25) is 10.1 Å². The molecule has 18 heavy (non-hydrogen) atoms. The van der Waals surface area contributed by atoms with E-state index in [0.29, 0.717) is 5.56 Å². The number of anilines is 1. The molecule has 0 heterocycles. The number of non-ortho nitro benzene ring substituents is 1. The summed E-state index contributed by atoms with van der Waals surface area (Å²) in [5.74, 6) is 0. The van der Waals surface area contributed by atoms with Crippen LogP contribution in [0.5, 0.6) is 0 Å². The fourth-order valence-corrected chi connectivity index (χ4v) is 1.70. The summed E-state index contributed by atoms with van der Waals surface area (Å²) in [6.07, 6.45) is 0.936. The van der Waals surface area contributed by atoms with Crippen LogP contribution in [0.4, 0.5) is 11.4 Å². The Balaban J connectivity index is 3.21. The first-order valence-corrected chi connectivity index (χ1v) is 5.95. The second-order valence-electron chi connectivity index (χ2n) is 4.95. The van der Waals surface area contributed by atoms with Crippen LogP contribution in [0.15, 0.2) is 18.2 Å². The van der Waals surface area contributed by atoms with Crippen molar-refractivity contribution < 1.29 is 10.0 Å². The third-order valence-corrected chi connectivity index (χ3v) is 3.58. The van der Waals surface area contributed by atoms with Crippen molar-refractivity contribution >= 4 is 11.4 Å². The molecular weight excluding hydrogens is 232 g/mol. The zero-order chi connectivity index (χ0) is 13.9. The third kappa shape index (κ3) is 2.79. The average molecular weight is 252 g/mol. The zero-order valence-corrected chi connectivity index (χ0v) is 11.3. The molecule has 1 aromatic carbocycles. The van der Waals surface area contributed by atoms with Gasteiger partial charge in [0.1, 0.15) is 0 Å². The quantitative estimate of drug-likeness (QED) is 0.646. The van der Waals surface area contributed by atoms with Gasteiger partial charge in [-0.05, 0) is 26.3 Å². The fourth-order valence-electron chi connectivity index (χ4n) is 1.70. The molecule has 5 heteroatoms. The van der Waals surface area contributed by atoms with Crippen LogP contribution < -0.4 is 4.90 Å². The van der Waals surface area contributed by atoms with Crippen molar-refractivity contribution in [2.75, 3.05) is 11.9 Å². The first-order valence-electron chi connectivity index (χ1n) is 5.95. The standard InChI is InChI=1S/C13H20N2O3/c1-5-13(2,3)14(4)12-7-6-11(15(17)18)8-10(12)9-16/h6-8,16H,5,9H2,1-4H3. The lowest BCUT2D eigenvalue weighted by atomic mass is 9.98. The summed E-state index contributed by atoms with van der Waals surface area (Å²) in [6.45, 7) is 6.06. The molecule has 0 fully saturated rings. The van der Waals surface area contributed by atoms with Gasteiger partial charge in [0.2, 0.25) is 0 Å². The maximum Gasteiger partial charge on any atom is 0.269 e. The minimum Gasteiger partial charge on any atom is -0.392 e. The Kier molecular flexibility index (Phi) is 4.29. The summed E-state index contributed by atoms with van der Waals surface area (Å²) < 4.78 is 0. The zero-order valence-electron chi connectivity index (χ0n) is 11.3. The lowest BCUT2D eigenvalue weighted by molar-refractivity contribution is -0.384. The topological polar surface area (TPSA) is 66.6 Å². The van der Waals surface area contributed by atoms with E-state index in [1.54, 1.807) is 6.07 Å². The number of aliphatic hydroxyl groups is 1. The molecule has 0 unspecified atom stereocenters. The Bertz CT molecular complexity index is 444. The van der Waals surface area contributed by atoms with Crippen molar-refractivity contribution in [1.82, 2.24) is 0 Å². The molecule has 0 bridgehead atoms. The molecule has 5 nitrogen and oxygen atoms in total. The van der Waals surface area contributed by atoms with E-state index in [0.717, 1.165) is 12.1 Å². The van der Waals surface area contributed by atoms with Gasteiger partial charge in [0.05, 0.1) is 11.5 Å². The molecule has 0 aliphatic heterocycles. The van der Waals surface area contributed by atoms with Crippen molar-refractivity contribution in [3.8, 4) is 0 Å². The molecule has 0 aliphatic carbocycles. The first-order chi connectivity index (χ1) is 8.33. The minimum atomic E-state index is -0.450. The molecular formula is C13H20N2O3. The number of aliphatic hydroxyl groups excluding tert-OH is 1. The van der Waals surface area contributed by atoms with Gasteiger partial charge in [-0.25, -0.2) is 0 Å². The van der Waals surface area contributed by atoms with Crippen LogP contribution in [0.3, 0.4) is 0 Å². The van der Waals surface area contributed by atoms with Gasteiger partial charge in [0.25, 0.3) is 5.69 Å². The number of nitro groups is 1. The van der Waals surface area contributed by atoms with Crippen LogP contribution in [0.2, 0.25) is 0 Å². The fraction of sp³-hybridized carbons (Fsp3) is 0.538. The van der Waals surface area contributed by atoms with Crippen molar-refractivity contribution in [2.24, 2.45) is 0 Å². The smallest absolute Gasteiger partial charge is 0.269 e. The van der Waals surface area contributed by atoms with Crippen LogP contribution in [0, 0.1) is 10.1 Å². The molecule has 1 aromatic rings. The number of benzene rings is 1. The van der Waals surface area contributed by atoms with Gasteiger partial charge in [-0.1, -0.05) is 6.92 Å². The average Bonchev–Trinajstić information content (AvgIpc) is 2.36. The largest absolute Gasteiger partial charge is 0.392 e. The number of hydrogen-bond acceptors (Lipinski definition) is 4. The van der Waals surface area contributed by atoms with Crippen LogP contribution in [0.25, 0.3) is 0 Å². The second kappa shape index (κ2) is 5.35. The number of nitro benzene ring substituents is 1. The molecule has 1 rings (SSSR count). The van der Waals surface area contributed by atoms with Gasteiger partial charge in [-0.15, -0.1) is 0 Å². The summed E-state index contributed by atoms with van der Waals surface area (Å²) in [6, 6.07) is 4.59. The summed E-state index contributed by atoms with van der Waals surface area (Å²) in [5, 5.41) is 20.1. The van der Waals surface area contributed by atoms with Crippen LogP contribution in [-0.4, -0.2) is 22.6 Å². The predicted molar refractivity (Wildman–Crippen MR) is 71.8 cm³/mol. The van der Waals surface area contributed by atoms with Gasteiger partial charge in [0, 0.05) is 36.0 Å². The molecule has 0 radical (unpaired) electrons. The number of nitrogens with zero attached hydrogens (tertiary/aromatic N) is 2. The van der Waals surface area contributed by atoms with Gasteiger partial charge in [0.15, 0.2) is 0 Å². The van der Waals surface area contributed by atoms with E-state index >= 15 is 0 Å².